The molecule has 8 rings (SSSR count). The van der Waals surface area contributed by atoms with E-state index in [0.29, 0.717) is 38.5 Å². The van der Waals surface area contributed by atoms with Crippen molar-refractivity contribution < 1.29 is 48.2 Å². The van der Waals surface area contributed by atoms with Gasteiger partial charge >= 0.3 is 0 Å². The lowest BCUT2D eigenvalue weighted by atomic mass is 9.74. The maximum atomic E-state index is 13.8. The number of hydrogen-bond donors (Lipinski definition) is 3. The maximum Gasteiger partial charge on any atom is 0.172 e. The van der Waals surface area contributed by atoms with Gasteiger partial charge in [-0.25, -0.2) is 0 Å². The molecule has 11 heteroatoms. The van der Waals surface area contributed by atoms with Crippen LogP contribution in [-0.2, 0) is 38.0 Å². The monoisotopic (exact) mass is 703 g/mol. The van der Waals surface area contributed by atoms with Gasteiger partial charge in [0.1, 0.15) is 18.0 Å². The van der Waals surface area contributed by atoms with Gasteiger partial charge in [-0.15, -0.1) is 0 Å². The highest BCUT2D eigenvalue weighted by molar-refractivity contribution is 5.79. The molecule has 1 spiro atoms. The molecule has 8 heterocycles. The van der Waals surface area contributed by atoms with E-state index in [-0.39, 0.29) is 90.8 Å². The van der Waals surface area contributed by atoms with Crippen LogP contribution in [0.3, 0.4) is 0 Å². The average molecular weight is 704 g/mol. The third-order valence-corrected chi connectivity index (χ3v) is 13.5. The molecule has 13 unspecified atom stereocenters. The van der Waals surface area contributed by atoms with Gasteiger partial charge in [0.2, 0.25) is 0 Å². The molecule has 16 atom stereocenters. The van der Waals surface area contributed by atoms with Crippen molar-refractivity contribution >= 4 is 5.78 Å². The Labute approximate surface area is 297 Å². The number of fused-ring (bicyclic) bond motifs is 9. The zero-order valence-electron chi connectivity index (χ0n) is 30.1. The quantitative estimate of drug-likeness (QED) is 0.366. The molecule has 8 aliphatic heterocycles. The van der Waals surface area contributed by atoms with Crippen molar-refractivity contribution in [2.45, 2.75) is 208 Å². The minimum atomic E-state index is -0.920. The van der Waals surface area contributed by atoms with E-state index in [0.717, 1.165) is 69.8 Å². The third-order valence-electron chi connectivity index (χ3n) is 13.5. The first-order valence-electron chi connectivity index (χ1n) is 19.8. The smallest absolute Gasteiger partial charge is 0.172 e. The highest BCUT2D eigenvalue weighted by Gasteiger charge is 2.59. The topological polar surface area (TPSA) is 148 Å². The Morgan fingerprint density at radius 3 is 2.44 bits per heavy atom. The number of hydrogen-bond acceptors (Lipinski definition) is 11. The molecular weight excluding hydrogens is 642 g/mol. The fourth-order valence-corrected chi connectivity index (χ4v) is 10.7. The number of aliphatic hydroxyl groups is 2. The second kappa shape index (κ2) is 14.3. The van der Waals surface area contributed by atoms with Crippen molar-refractivity contribution in [1.29, 1.82) is 0 Å². The van der Waals surface area contributed by atoms with Crippen LogP contribution in [0, 0.1) is 11.3 Å². The number of aliphatic hydroxyl groups excluding tert-OH is 2. The van der Waals surface area contributed by atoms with Crippen molar-refractivity contribution in [2.24, 2.45) is 17.1 Å². The molecule has 282 valence electrons. The highest BCUT2D eigenvalue weighted by Crippen LogP contribution is 2.49. The van der Waals surface area contributed by atoms with Crippen LogP contribution in [0.2, 0.25) is 0 Å². The van der Waals surface area contributed by atoms with Crippen molar-refractivity contribution in [3.05, 3.63) is 12.2 Å². The molecule has 4 N–H and O–H groups in total. The van der Waals surface area contributed by atoms with Gasteiger partial charge in [0.05, 0.1) is 73.2 Å². The second-order valence-electron chi connectivity index (χ2n) is 17.8. The van der Waals surface area contributed by atoms with Gasteiger partial charge in [-0.05, 0) is 74.7 Å². The SMILES string of the molecule is C=C1CC2CCC34CC(O)C(O3)C3CC(O4)C4OC(CCC4O3)CC(=O)CC3C[C@@H](CC(O)CN)O[C@H]3CC3O[C@@H](CCC1O2)CCC3(C)C. The van der Waals surface area contributed by atoms with Crippen LogP contribution in [0.1, 0.15) is 117 Å². The van der Waals surface area contributed by atoms with Crippen LogP contribution in [-0.4, -0.2) is 114 Å². The van der Waals surface area contributed by atoms with E-state index in [1.807, 2.05) is 0 Å². The van der Waals surface area contributed by atoms with Gasteiger partial charge in [-0.1, -0.05) is 20.4 Å². The summed E-state index contributed by atoms with van der Waals surface area (Å²) < 4.78 is 46.9. The van der Waals surface area contributed by atoms with Crippen LogP contribution in [0.25, 0.3) is 0 Å². The molecule has 10 bridgehead atoms. The normalized spacial score (nSPS) is 49.9. The van der Waals surface area contributed by atoms with E-state index in [1.54, 1.807) is 0 Å². The standard InChI is InChI=1S/C39H61NO10/c1-21-12-27-9-11-39-19-29(43)36(50-39)33-17-34(49-39)37-31(48-33)7-5-26(47-37)15-23(41)13-22-14-28(16-24(42)20-40)45-32(22)18-35-38(2,3)10-8-25(46-35)4-6-30(21)44-27/h22,24-37,42-43H,1,4-20,40H2,2-3H3/t22?,24?,25-,26?,27?,28-,29?,30?,31?,32-,33?,34?,35?,36?,37?,39?/m0/s1. The van der Waals surface area contributed by atoms with Crippen LogP contribution < -0.4 is 5.73 Å². The minimum Gasteiger partial charge on any atom is -0.392 e. The number of carbonyl (C=O) groups is 1. The van der Waals surface area contributed by atoms with Crippen LogP contribution in [0.15, 0.2) is 12.2 Å². The molecule has 0 amide bonds. The third kappa shape index (κ3) is 7.39. The van der Waals surface area contributed by atoms with Gasteiger partial charge in [0.25, 0.3) is 0 Å². The summed E-state index contributed by atoms with van der Waals surface area (Å²) in [6.07, 6.45) is 8.25. The molecule has 8 saturated heterocycles. The first kappa shape index (κ1) is 36.0. The number of ketones is 1. The fraction of sp³-hybridized carbons (Fsp3) is 0.923. The summed E-state index contributed by atoms with van der Waals surface area (Å²) in [6, 6.07) is 0. The van der Waals surface area contributed by atoms with Crippen molar-refractivity contribution in [3.63, 3.8) is 0 Å². The van der Waals surface area contributed by atoms with E-state index in [1.165, 1.54) is 0 Å². The van der Waals surface area contributed by atoms with E-state index in [2.05, 4.69) is 20.4 Å². The van der Waals surface area contributed by atoms with Gasteiger partial charge in [-0.2, -0.15) is 0 Å². The molecule has 0 aliphatic carbocycles. The number of Topliss-reactive ketones (excluding diaryl/α,β-unsaturated/α-hetero) is 1. The minimum absolute atomic E-state index is 0.00210. The Hall–Kier alpha value is -0.990. The number of nitrogens with two attached hydrogens (primary N) is 1. The largest absolute Gasteiger partial charge is 0.392 e. The molecular formula is C39H61NO10. The Balaban J connectivity index is 1.04. The first-order valence-corrected chi connectivity index (χ1v) is 19.8. The number of rotatable bonds is 3. The predicted octanol–water partition coefficient (Wildman–Crippen LogP) is 4.02. The highest BCUT2D eigenvalue weighted by atomic mass is 16.7. The summed E-state index contributed by atoms with van der Waals surface area (Å²) in [7, 11) is 0. The fourth-order valence-electron chi connectivity index (χ4n) is 10.7. The molecule has 0 aromatic heterocycles. The Morgan fingerprint density at radius 2 is 1.60 bits per heavy atom. The summed E-state index contributed by atoms with van der Waals surface area (Å²) in [5, 5.41) is 21.5. The molecule has 11 nitrogen and oxygen atoms in total. The van der Waals surface area contributed by atoms with E-state index in [4.69, 9.17) is 38.9 Å². The average Bonchev–Trinajstić information content (AvgIpc) is 3.70. The Kier molecular flexibility index (Phi) is 10.3. The summed E-state index contributed by atoms with van der Waals surface area (Å²) in [6.45, 7) is 9.18. The number of ether oxygens (including phenoxy) is 7. The van der Waals surface area contributed by atoms with Crippen molar-refractivity contribution in [3.8, 4) is 0 Å². The van der Waals surface area contributed by atoms with Crippen molar-refractivity contribution in [2.75, 3.05) is 6.54 Å². The van der Waals surface area contributed by atoms with E-state index in [9.17, 15) is 15.0 Å². The van der Waals surface area contributed by atoms with Gasteiger partial charge in [-0.3, -0.25) is 4.79 Å². The molecule has 8 aliphatic rings. The van der Waals surface area contributed by atoms with Crippen LogP contribution in [0.4, 0.5) is 0 Å². The van der Waals surface area contributed by atoms with Crippen molar-refractivity contribution in [1.82, 2.24) is 0 Å². The lowest BCUT2D eigenvalue weighted by Gasteiger charge is -2.47. The molecule has 0 aromatic carbocycles. The van der Waals surface area contributed by atoms with E-state index < -0.39 is 24.1 Å². The summed E-state index contributed by atoms with van der Waals surface area (Å²) in [4.78, 5) is 13.8. The molecule has 0 radical (unpaired) electrons. The second-order valence-corrected chi connectivity index (χ2v) is 17.8. The van der Waals surface area contributed by atoms with Crippen LogP contribution >= 0.6 is 0 Å². The zero-order valence-corrected chi connectivity index (χ0v) is 30.1. The Morgan fingerprint density at radius 1 is 0.800 bits per heavy atom. The molecule has 0 saturated carbocycles. The predicted molar refractivity (Wildman–Crippen MR) is 182 cm³/mol. The van der Waals surface area contributed by atoms with E-state index >= 15 is 0 Å². The Bertz CT molecular complexity index is 1250. The zero-order chi connectivity index (χ0) is 34.8. The van der Waals surface area contributed by atoms with Gasteiger partial charge in [0.15, 0.2) is 5.79 Å². The maximum absolute atomic E-state index is 13.8. The summed E-state index contributed by atoms with van der Waals surface area (Å²) >= 11 is 0. The first-order chi connectivity index (χ1) is 24.0. The molecule has 0 aromatic rings. The van der Waals surface area contributed by atoms with Gasteiger partial charge < -0.3 is 49.1 Å². The number of carbonyl (C=O) groups excluding carboxylic acids is 1. The van der Waals surface area contributed by atoms with Crippen LogP contribution in [0.5, 0.6) is 0 Å². The molecule has 50 heavy (non-hydrogen) atoms. The summed E-state index contributed by atoms with van der Waals surface area (Å²) in [5.41, 5.74) is 6.89. The lowest BCUT2D eigenvalue weighted by Crippen LogP contribution is -2.58. The lowest BCUT2D eigenvalue weighted by molar-refractivity contribution is -0.277. The molecule has 8 fully saturated rings. The summed E-state index contributed by atoms with van der Waals surface area (Å²) in [5.74, 6) is -0.691. The van der Waals surface area contributed by atoms with Gasteiger partial charge in [0, 0.05) is 51.5 Å².